The predicted octanol–water partition coefficient (Wildman–Crippen LogP) is 2.12. The molecular formula is C20H29N3O2. The zero-order valence-electron chi connectivity index (χ0n) is 15.1. The van der Waals surface area contributed by atoms with Crippen LogP contribution in [0.2, 0.25) is 0 Å². The highest BCUT2D eigenvalue weighted by Crippen LogP contribution is 2.28. The molecule has 0 aromatic heterocycles. The zero-order valence-corrected chi connectivity index (χ0v) is 15.1. The summed E-state index contributed by atoms with van der Waals surface area (Å²) in [6.07, 6.45) is 4.60. The lowest BCUT2D eigenvalue weighted by molar-refractivity contribution is -0.135. The SMILES string of the molecule is CCC(C(=O)N1CCC(N2CCCC2C(N)=O)CC1)c1ccccc1. The molecule has 0 saturated carbocycles. The van der Waals surface area contributed by atoms with E-state index in [0.717, 1.165) is 57.3 Å². The second-order valence-corrected chi connectivity index (χ2v) is 7.23. The van der Waals surface area contributed by atoms with Crippen LogP contribution >= 0.6 is 0 Å². The van der Waals surface area contributed by atoms with Crippen LogP contribution in [0.5, 0.6) is 0 Å². The van der Waals surface area contributed by atoms with E-state index in [1.54, 1.807) is 0 Å². The molecule has 2 aliphatic rings. The second-order valence-electron chi connectivity index (χ2n) is 7.23. The molecule has 1 aromatic carbocycles. The van der Waals surface area contributed by atoms with E-state index >= 15 is 0 Å². The molecule has 0 bridgehead atoms. The summed E-state index contributed by atoms with van der Waals surface area (Å²) in [5.41, 5.74) is 6.65. The summed E-state index contributed by atoms with van der Waals surface area (Å²) in [5, 5.41) is 0. The Morgan fingerprint density at radius 1 is 1.12 bits per heavy atom. The summed E-state index contributed by atoms with van der Waals surface area (Å²) in [5.74, 6) is -0.0194. The van der Waals surface area contributed by atoms with Crippen molar-refractivity contribution in [2.75, 3.05) is 19.6 Å². The summed E-state index contributed by atoms with van der Waals surface area (Å²) >= 11 is 0. The van der Waals surface area contributed by atoms with Gasteiger partial charge < -0.3 is 10.6 Å². The van der Waals surface area contributed by atoms with E-state index in [9.17, 15) is 9.59 Å². The van der Waals surface area contributed by atoms with Gasteiger partial charge in [-0.05, 0) is 44.2 Å². The third-order valence-electron chi connectivity index (χ3n) is 5.78. The maximum absolute atomic E-state index is 13.0. The lowest BCUT2D eigenvalue weighted by Crippen LogP contribution is -2.51. The number of amides is 2. The molecule has 2 heterocycles. The Morgan fingerprint density at radius 3 is 2.40 bits per heavy atom. The number of carbonyl (C=O) groups excluding carboxylic acids is 2. The average Bonchev–Trinajstić information content (AvgIpc) is 3.13. The summed E-state index contributed by atoms with van der Waals surface area (Å²) in [4.78, 5) is 28.9. The van der Waals surface area contributed by atoms with Crippen molar-refractivity contribution in [3.63, 3.8) is 0 Å². The van der Waals surface area contributed by atoms with Gasteiger partial charge in [-0.1, -0.05) is 37.3 Å². The molecule has 3 rings (SSSR count). The van der Waals surface area contributed by atoms with E-state index in [1.807, 2.05) is 35.2 Å². The van der Waals surface area contributed by atoms with E-state index in [-0.39, 0.29) is 23.8 Å². The number of piperidine rings is 1. The minimum atomic E-state index is -0.203. The van der Waals surface area contributed by atoms with Crippen molar-refractivity contribution < 1.29 is 9.59 Å². The van der Waals surface area contributed by atoms with Crippen LogP contribution in [-0.4, -0.2) is 53.3 Å². The fraction of sp³-hybridized carbons (Fsp3) is 0.600. The van der Waals surface area contributed by atoms with Crippen LogP contribution < -0.4 is 5.73 Å². The van der Waals surface area contributed by atoms with Crippen molar-refractivity contribution in [1.82, 2.24) is 9.80 Å². The van der Waals surface area contributed by atoms with Crippen LogP contribution in [0.25, 0.3) is 0 Å². The molecule has 1 aromatic rings. The van der Waals surface area contributed by atoms with Crippen LogP contribution in [0.4, 0.5) is 0 Å². The number of nitrogens with two attached hydrogens (primary N) is 1. The highest BCUT2D eigenvalue weighted by atomic mass is 16.2. The first-order valence-electron chi connectivity index (χ1n) is 9.50. The third kappa shape index (κ3) is 3.87. The zero-order chi connectivity index (χ0) is 17.8. The molecule has 2 fully saturated rings. The summed E-state index contributed by atoms with van der Waals surface area (Å²) in [6, 6.07) is 10.3. The monoisotopic (exact) mass is 343 g/mol. The molecular weight excluding hydrogens is 314 g/mol. The molecule has 2 unspecified atom stereocenters. The first-order valence-corrected chi connectivity index (χ1v) is 9.50. The van der Waals surface area contributed by atoms with Gasteiger partial charge in [0.25, 0.3) is 0 Å². The average molecular weight is 343 g/mol. The maximum atomic E-state index is 13.0. The fourth-order valence-electron chi connectivity index (χ4n) is 4.41. The number of benzene rings is 1. The van der Waals surface area contributed by atoms with E-state index in [0.29, 0.717) is 6.04 Å². The Kier molecular flexibility index (Phi) is 5.74. The highest BCUT2D eigenvalue weighted by molar-refractivity contribution is 5.84. The van der Waals surface area contributed by atoms with Gasteiger partial charge in [0.05, 0.1) is 12.0 Å². The number of rotatable bonds is 5. The second kappa shape index (κ2) is 8.00. The van der Waals surface area contributed by atoms with Crippen LogP contribution in [-0.2, 0) is 9.59 Å². The molecule has 2 atom stereocenters. The van der Waals surface area contributed by atoms with Gasteiger partial charge in [-0.2, -0.15) is 0 Å². The molecule has 0 aliphatic carbocycles. The molecule has 0 radical (unpaired) electrons. The Bertz CT molecular complexity index is 596. The quantitative estimate of drug-likeness (QED) is 0.890. The summed E-state index contributed by atoms with van der Waals surface area (Å²) in [6.45, 7) is 4.57. The summed E-state index contributed by atoms with van der Waals surface area (Å²) < 4.78 is 0. The molecule has 2 N–H and O–H groups in total. The minimum Gasteiger partial charge on any atom is -0.368 e. The smallest absolute Gasteiger partial charge is 0.234 e. The van der Waals surface area contributed by atoms with Gasteiger partial charge in [0.15, 0.2) is 0 Å². The number of nitrogens with zero attached hydrogens (tertiary/aromatic N) is 2. The van der Waals surface area contributed by atoms with Crippen LogP contribution in [0.1, 0.15) is 50.5 Å². The third-order valence-corrected chi connectivity index (χ3v) is 5.78. The van der Waals surface area contributed by atoms with E-state index in [1.165, 1.54) is 0 Å². The van der Waals surface area contributed by atoms with Gasteiger partial charge in [0.2, 0.25) is 11.8 Å². The number of primary amides is 1. The lowest BCUT2D eigenvalue weighted by atomic mass is 9.93. The first kappa shape index (κ1) is 17.9. The summed E-state index contributed by atoms with van der Waals surface area (Å²) in [7, 11) is 0. The van der Waals surface area contributed by atoms with Crippen molar-refractivity contribution in [2.24, 2.45) is 5.73 Å². The van der Waals surface area contributed by atoms with Crippen molar-refractivity contribution in [2.45, 2.75) is 57.0 Å². The van der Waals surface area contributed by atoms with Crippen molar-refractivity contribution in [1.29, 1.82) is 0 Å². The molecule has 2 amide bonds. The Balaban J connectivity index is 1.60. The molecule has 2 saturated heterocycles. The van der Waals surface area contributed by atoms with Crippen LogP contribution in [0, 0.1) is 0 Å². The molecule has 2 aliphatic heterocycles. The van der Waals surface area contributed by atoms with E-state index < -0.39 is 0 Å². The molecule has 0 spiro atoms. The number of hydrogen-bond acceptors (Lipinski definition) is 3. The van der Waals surface area contributed by atoms with Crippen LogP contribution in [0.15, 0.2) is 30.3 Å². The molecule has 25 heavy (non-hydrogen) atoms. The standard InChI is InChI=1S/C20H29N3O2/c1-2-17(15-7-4-3-5-8-15)20(25)22-13-10-16(11-14-22)23-12-6-9-18(23)19(21)24/h3-5,7-8,16-18H,2,6,9-14H2,1H3,(H2,21,24). The number of likely N-dealkylation sites (tertiary alicyclic amines) is 2. The van der Waals surface area contributed by atoms with Crippen molar-refractivity contribution in [3.05, 3.63) is 35.9 Å². The van der Waals surface area contributed by atoms with Gasteiger partial charge >= 0.3 is 0 Å². The maximum Gasteiger partial charge on any atom is 0.234 e. The normalized spacial score (nSPS) is 23.6. The number of hydrogen-bond donors (Lipinski definition) is 1. The topological polar surface area (TPSA) is 66.6 Å². The first-order chi connectivity index (χ1) is 12.1. The predicted molar refractivity (Wildman–Crippen MR) is 98.0 cm³/mol. The Morgan fingerprint density at radius 2 is 1.80 bits per heavy atom. The largest absolute Gasteiger partial charge is 0.368 e. The van der Waals surface area contributed by atoms with E-state index in [4.69, 9.17) is 5.73 Å². The minimum absolute atomic E-state index is 0.0529. The van der Waals surface area contributed by atoms with Crippen LogP contribution in [0.3, 0.4) is 0 Å². The van der Waals surface area contributed by atoms with Crippen molar-refractivity contribution >= 4 is 11.8 Å². The lowest BCUT2D eigenvalue weighted by Gasteiger charge is -2.39. The molecule has 5 heteroatoms. The Hall–Kier alpha value is -1.88. The van der Waals surface area contributed by atoms with Gasteiger partial charge in [-0.25, -0.2) is 0 Å². The fourth-order valence-corrected chi connectivity index (χ4v) is 4.41. The van der Waals surface area contributed by atoms with Gasteiger partial charge in [-0.15, -0.1) is 0 Å². The molecule has 5 nitrogen and oxygen atoms in total. The van der Waals surface area contributed by atoms with E-state index in [2.05, 4.69) is 11.8 Å². The van der Waals surface area contributed by atoms with Gasteiger partial charge in [-0.3, -0.25) is 14.5 Å². The van der Waals surface area contributed by atoms with Gasteiger partial charge in [0, 0.05) is 19.1 Å². The Labute approximate surface area is 150 Å². The highest BCUT2D eigenvalue weighted by Gasteiger charge is 2.37. The molecule has 136 valence electrons. The van der Waals surface area contributed by atoms with Crippen molar-refractivity contribution in [3.8, 4) is 0 Å². The number of carbonyl (C=O) groups is 2. The van der Waals surface area contributed by atoms with Gasteiger partial charge in [0.1, 0.15) is 0 Å².